The molecule has 0 bridgehead atoms. The molecule has 1 heterocycles. The number of aliphatic carboxylic acids is 1. The summed E-state index contributed by atoms with van der Waals surface area (Å²) in [6.07, 6.45) is 2.01. The molecule has 1 aliphatic rings. The molecule has 18 heavy (non-hydrogen) atoms. The molecule has 1 saturated heterocycles. The number of carbonyl (C=O) groups excluding carboxylic acids is 1. The van der Waals surface area contributed by atoms with Crippen molar-refractivity contribution in [1.29, 1.82) is 0 Å². The molecule has 6 nitrogen and oxygen atoms in total. The first-order valence-electron chi connectivity index (χ1n) is 6.19. The lowest BCUT2D eigenvalue weighted by Crippen LogP contribution is -2.53. The average molecular weight is 258 g/mol. The number of rotatable bonds is 4. The van der Waals surface area contributed by atoms with E-state index in [0.717, 1.165) is 19.4 Å². The van der Waals surface area contributed by atoms with Crippen LogP contribution in [0.4, 0.5) is 4.79 Å². The van der Waals surface area contributed by atoms with Gasteiger partial charge in [-0.1, -0.05) is 0 Å². The Kier molecular flexibility index (Phi) is 4.95. The summed E-state index contributed by atoms with van der Waals surface area (Å²) in [7, 11) is 0. The molecular formula is C12H22N2O4. The maximum absolute atomic E-state index is 12.0. The van der Waals surface area contributed by atoms with Gasteiger partial charge in [0.1, 0.15) is 6.54 Å². The molecule has 1 rings (SSSR count). The van der Waals surface area contributed by atoms with Crippen LogP contribution < -0.4 is 5.32 Å². The number of hydrogen-bond donors (Lipinski definition) is 2. The quantitative estimate of drug-likeness (QED) is 0.790. The van der Waals surface area contributed by atoms with Crippen molar-refractivity contribution >= 4 is 12.0 Å². The number of carboxylic acid groups (broad SMARTS) is 1. The van der Waals surface area contributed by atoms with Gasteiger partial charge in [-0.05, 0) is 33.6 Å². The highest BCUT2D eigenvalue weighted by Gasteiger charge is 2.29. The highest BCUT2D eigenvalue weighted by molar-refractivity contribution is 5.80. The third-order valence-electron chi connectivity index (χ3n) is 2.85. The van der Waals surface area contributed by atoms with Gasteiger partial charge in [-0.15, -0.1) is 0 Å². The van der Waals surface area contributed by atoms with E-state index in [1.807, 2.05) is 20.8 Å². The Morgan fingerprint density at radius 3 is 2.56 bits per heavy atom. The van der Waals surface area contributed by atoms with Gasteiger partial charge in [0.15, 0.2) is 0 Å². The molecule has 0 spiro atoms. The monoisotopic (exact) mass is 258 g/mol. The number of carbonyl (C=O) groups is 2. The van der Waals surface area contributed by atoms with Gasteiger partial charge >= 0.3 is 12.0 Å². The molecule has 0 saturated carbocycles. The summed E-state index contributed by atoms with van der Waals surface area (Å²) in [4.78, 5) is 24.1. The highest BCUT2D eigenvalue weighted by atomic mass is 16.5. The molecule has 1 fully saturated rings. The van der Waals surface area contributed by atoms with E-state index in [0.29, 0.717) is 6.54 Å². The van der Waals surface area contributed by atoms with Crippen LogP contribution in [0, 0.1) is 0 Å². The summed E-state index contributed by atoms with van der Waals surface area (Å²) in [6.45, 7) is 6.29. The minimum absolute atomic E-state index is 0.0561. The second kappa shape index (κ2) is 6.04. The van der Waals surface area contributed by atoms with Gasteiger partial charge in [-0.25, -0.2) is 4.79 Å². The molecule has 2 N–H and O–H groups in total. The van der Waals surface area contributed by atoms with E-state index >= 15 is 0 Å². The van der Waals surface area contributed by atoms with Crippen molar-refractivity contribution in [3.63, 3.8) is 0 Å². The Morgan fingerprint density at radius 2 is 2.11 bits per heavy atom. The molecule has 0 aromatic carbocycles. The second-order valence-electron chi connectivity index (χ2n) is 5.47. The predicted octanol–water partition coefficient (Wildman–Crippen LogP) is 1.06. The summed E-state index contributed by atoms with van der Waals surface area (Å²) < 4.78 is 5.40. The van der Waals surface area contributed by atoms with Crippen molar-refractivity contribution in [1.82, 2.24) is 10.2 Å². The summed E-state index contributed by atoms with van der Waals surface area (Å²) in [5.41, 5.74) is -0.529. The first kappa shape index (κ1) is 14.8. The van der Waals surface area contributed by atoms with E-state index < -0.39 is 11.5 Å². The number of urea groups is 1. The van der Waals surface area contributed by atoms with Crippen LogP contribution in [0.2, 0.25) is 0 Å². The average Bonchev–Trinajstić information content (AvgIpc) is 2.73. The predicted molar refractivity (Wildman–Crippen MR) is 66.5 cm³/mol. The molecule has 0 aromatic rings. The van der Waals surface area contributed by atoms with Gasteiger partial charge in [-0.2, -0.15) is 0 Å². The van der Waals surface area contributed by atoms with Crippen molar-refractivity contribution in [3.8, 4) is 0 Å². The van der Waals surface area contributed by atoms with Gasteiger partial charge in [0.2, 0.25) is 0 Å². The van der Waals surface area contributed by atoms with Crippen LogP contribution in [0.15, 0.2) is 0 Å². The fraction of sp³-hybridized carbons (Fsp3) is 0.833. The van der Waals surface area contributed by atoms with Crippen molar-refractivity contribution in [2.75, 3.05) is 19.7 Å². The van der Waals surface area contributed by atoms with Crippen molar-refractivity contribution in [3.05, 3.63) is 0 Å². The first-order chi connectivity index (χ1) is 8.30. The Morgan fingerprint density at radius 1 is 1.44 bits per heavy atom. The third-order valence-corrected chi connectivity index (χ3v) is 2.85. The van der Waals surface area contributed by atoms with Crippen LogP contribution in [0.25, 0.3) is 0 Å². The standard InChI is InChI=1S/C12H22N2O4/c1-12(2,3)14(8-10(15)16)11(17)13-7-9-5-4-6-18-9/h9H,4-8H2,1-3H3,(H,13,17)(H,15,16). The van der Waals surface area contributed by atoms with E-state index in [9.17, 15) is 9.59 Å². The molecule has 1 atom stereocenters. The SMILES string of the molecule is CC(C)(C)N(CC(=O)O)C(=O)NCC1CCCO1. The second-order valence-corrected chi connectivity index (χ2v) is 5.47. The van der Waals surface area contributed by atoms with E-state index in [2.05, 4.69) is 5.32 Å². The van der Waals surface area contributed by atoms with Gasteiger partial charge in [-0.3, -0.25) is 4.79 Å². The minimum Gasteiger partial charge on any atom is -0.480 e. The number of carboxylic acids is 1. The Labute approximate surface area is 107 Å². The molecule has 0 aromatic heterocycles. The lowest BCUT2D eigenvalue weighted by molar-refractivity contribution is -0.138. The first-order valence-corrected chi connectivity index (χ1v) is 6.19. The summed E-state index contributed by atoms with van der Waals surface area (Å²) in [6, 6.07) is -0.361. The van der Waals surface area contributed by atoms with Gasteiger partial charge in [0.25, 0.3) is 0 Å². The molecule has 1 aliphatic heterocycles. The molecule has 0 aliphatic carbocycles. The fourth-order valence-corrected chi connectivity index (χ4v) is 1.85. The van der Waals surface area contributed by atoms with Crippen molar-refractivity contribution < 1.29 is 19.4 Å². The lowest BCUT2D eigenvalue weighted by Gasteiger charge is -2.34. The molecule has 2 amide bonds. The van der Waals surface area contributed by atoms with Gasteiger partial charge in [0.05, 0.1) is 6.10 Å². The van der Waals surface area contributed by atoms with Crippen molar-refractivity contribution in [2.45, 2.75) is 45.3 Å². The molecule has 104 valence electrons. The smallest absolute Gasteiger partial charge is 0.323 e. The zero-order chi connectivity index (χ0) is 13.8. The van der Waals surface area contributed by atoms with Gasteiger partial charge < -0.3 is 20.1 Å². The number of ether oxygens (including phenoxy) is 1. The summed E-state index contributed by atoms with van der Waals surface area (Å²) in [5.74, 6) is -1.02. The van der Waals surface area contributed by atoms with Crippen molar-refractivity contribution in [2.24, 2.45) is 0 Å². The van der Waals surface area contributed by atoms with Gasteiger partial charge in [0, 0.05) is 18.7 Å². The fourth-order valence-electron chi connectivity index (χ4n) is 1.85. The summed E-state index contributed by atoms with van der Waals surface area (Å²) >= 11 is 0. The molecule has 1 unspecified atom stereocenters. The maximum atomic E-state index is 12.0. The Hall–Kier alpha value is -1.30. The molecular weight excluding hydrogens is 236 g/mol. The Bertz CT molecular complexity index is 306. The lowest BCUT2D eigenvalue weighted by atomic mass is 10.1. The molecule has 6 heteroatoms. The van der Waals surface area contributed by atoms with Crippen LogP contribution in [0.5, 0.6) is 0 Å². The topological polar surface area (TPSA) is 78.9 Å². The number of amides is 2. The van der Waals surface area contributed by atoms with E-state index in [1.165, 1.54) is 4.90 Å². The van der Waals surface area contributed by atoms with Crippen LogP contribution in [-0.2, 0) is 9.53 Å². The number of nitrogens with one attached hydrogen (secondary N) is 1. The van der Waals surface area contributed by atoms with Crippen LogP contribution in [0.3, 0.4) is 0 Å². The van der Waals surface area contributed by atoms with E-state index in [-0.39, 0.29) is 18.7 Å². The van der Waals surface area contributed by atoms with Crippen LogP contribution in [-0.4, -0.2) is 53.3 Å². The maximum Gasteiger partial charge on any atom is 0.323 e. The number of hydrogen-bond acceptors (Lipinski definition) is 3. The molecule has 0 radical (unpaired) electrons. The van der Waals surface area contributed by atoms with E-state index in [1.54, 1.807) is 0 Å². The van der Waals surface area contributed by atoms with Crippen LogP contribution in [0.1, 0.15) is 33.6 Å². The zero-order valence-electron chi connectivity index (χ0n) is 11.2. The largest absolute Gasteiger partial charge is 0.480 e. The summed E-state index contributed by atoms with van der Waals surface area (Å²) in [5, 5.41) is 11.6. The zero-order valence-corrected chi connectivity index (χ0v) is 11.2. The number of nitrogens with zero attached hydrogens (tertiary/aromatic N) is 1. The van der Waals surface area contributed by atoms with E-state index in [4.69, 9.17) is 9.84 Å². The Balaban J connectivity index is 2.50. The third kappa shape index (κ3) is 4.52. The van der Waals surface area contributed by atoms with Crippen LogP contribution >= 0.6 is 0 Å². The normalized spacial score (nSPS) is 19.6. The minimum atomic E-state index is -1.02. The highest BCUT2D eigenvalue weighted by Crippen LogP contribution is 2.14.